The van der Waals surface area contributed by atoms with Gasteiger partial charge < -0.3 is 5.73 Å². The molecule has 1 aromatic heterocycles. The molecule has 5 nitrogen and oxygen atoms in total. The molecule has 0 saturated carbocycles. The van der Waals surface area contributed by atoms with E-state index in [1.54, 1.807) is 11.3 Å². The molecule has 0 amide bonds. The smallest absolute Gasteiger partial charge is 0.279 e. The second kappa shape index (κ2) is 6.53. The van der Waals surface area contributed by atoms with E-state index in [0.29, 0.717) is 32.1 Å². The number of piperidine rings is 1. The summed E-state index contributed by atoms with van der Waals surface area (Å²) in [5, 5.41) is 0. The van der Waals surface area contributed by atoms with Crippen molar-refractivity contribution in [2.24, 2.45) is 11.7 Å². The molecule has 0 aromatic carbocycles. The monoisotopic (exact) mass is 317 g/mol. The van der Waals surface area contributed by atoms with Crippen molar-refractivity contribution in [3.8, 4) is 0 Å². The summed E-state index contributed by atoms with van der Waals surface area (Å²) in [7, 11) is -3.37. The Hall–Kier alpha value is -0.470. The van der Waals surface area contributed by atoms with Crippen molar-refractivity contribution in [2.45, 2.75) is 33.2 Å². The van der Waals surface area contributed by atoms with Gasteiger partial charge in [0.15, 0.2) is 0 Å². The fraction of sp³-hybridized carbons (Fsp3) is 0.692. The fourth-order valence-electron chi connectivity index (χ4n) is 2.38. The molecule has 7 heteroatoms. The summed E-state index contributed by atoms with van der Waals surface area (Å²) in [6, 6.07) is 2.04. The van der Waals surface area contributed by atoms with E-state index < -0.39 is 10.2 Å². The molecule has 1 saturated heterocycles. The Morgan fingerprint density at radius 3 is 2.55 bits per heavy atom. The maximum absolute atomic E-state index is 12.2. The molecule has 114 valence electrons. The lowest BCUT2D eigenvalue weighted by Gasteiger charge is -2.30. The van der Waals surface area contributed by atoms with E-state index >= 15 is 0 Å². The third kappa shape index (κ3) is 3.79. The third-order valence-electron chi connectivity index (χ3n) is 3.89. The van der Waals surface area contributed by atoms with E-state index in [2.05, 4.69) is 11.6 Å². The van der Waals surface area contributed by atoms with Crippen LogP contribution in [0.15, 0.2) is 6.07 Å². The van der Waals surface area contributed by atoms with Crippen LogP contribution in [0.1, 0.15) is 28.2 Å². The second-order valence-corrected chi connectivity index (χ2v) is 8.45. The van der Waals surface area contributed by atoms with Crippen LogP contribution in [0.2, 0.25) is 0 Å². The molecule has 1 aliphatic rings. The summed E-state index contributed by atoms with van der Waals surface area (Å²) >= 11 is 1.64. The highest BCUT2D eigenvalue weighted by Gasteiger charge is 2.27. The van der Waals surface area contributed by atoms with Crippen molar-refractivity contribution in [3.63, 3.8) is 0 Å². The lowest BCUT2D eigenvalue weighted by Crippen LogP contribution is -2.45. The Morgan fingerprint density at radius 1 is 1.40 bits per heavy atom. The van der Waals surface area contributed by atoms with E-state index in [-0.39, 0.29) is 0 Å². The van der Waals surface area contributed by atoms with Crippen LogP contribution in [0, 0.1) is 19.8 Å². The second-order valence-electron chi connectivity index (χ2n) is 5.36. The number of nitrogens with one attached hydrogen (secondary N) is 1. The summed E-state index contributed by atoms with van der Waals surface area (Å²) in [6.07, 6.45) is 1.71. The Morgan fingerprint density at radius 2 is 2.05 bits per heavy atom. The van der Waals surface area contributed by atoms with Crippen molar-refractivity contribution in [3.05, 3.63) is 21.4 Å². The number of nitrogens with zero attached hydrogens (tertiary/aromatic N) is 1. The van der Waals surface area contributed by atoms with Gasteiger partial charge in [0, 0.05) is 29.4 Å². The van der Waals surface area contributed by atoms with Crippen molar-refractivity contribution in [2.75, 3.05) is 19.6 Å². The number of hydrogen-bond acceptors (Lipinski definition) is 4. The number of aryl methyl sites for hydroxylation is 2. The van der Waals surface area contributed by atoms with E-state index in [9.17, 15) is 8.42 Å². The summed E-state index contributed by atoms with van der Waals surface area (Å²) in [4.78, 5) is 2.29. The van der Waals surface area contributed by atoms with E-state index in [1.165, 1.54) is 14.7 Å². The molecule has 0 atom stereocenters. The molecule has 0 spiro atoms. The molecular formula is C13H23N3O2S2. The van der Waals surface area contributed by atoms with Gasteiger partial charge in [-0.15, -0.1) is 11.3 Å². The Bertz CT molecular complexity index is 526. The molecule has 1 aliphatic heterocycles. The van der Waals surface area contributed by atoms with Crippen LogP contribution in [-0.4, -0.2) is 32.4 Å². The van der Waals surface area contributed by atoms with Gasteiger partial charge in [-0.05, 0) is 50.8 Å². The average Bonchev–Trinajstić information content (AvgIpc) is 2.76. The molecule has 0 unspecified atom stereocenters. The molecule has 0 aliphatic carbocycles. The molecule has 0 bridgehead atoms. The largest absolute Gasteiger partial charge is 0.330 e. The SMILES string of the molecule is Cc1cc(CNS(=O)(=O)N2CCC(CN)CC2)sc1C. The van der Waals surface area contributed by atoms with Gasteiger partial charge in [0.2, 0.25) is 0 Å². The zero-order valence-electron chi connectivity index (χ0n) is 12.1. The number of nitrogens with two attached hydrogens (primary N) is 1. The highest BCUT2D eigenvalue weighted by atomic mass is 32.2. The van der Waals surface area contributed by atoms with Crippen LogP contribution in [0.25, 0.3) is 0 Å². The minimum Gasteiger partial charge on any atom is -0.330 e. The van der Waals surface area contributed by atoms with Crippen molar-refractivity contribution in [1.82, 2.24) is 9.03 Å². The lowest BCUT2D eigenvalue weighted by atomic mass is 9.99. The summed E-state index contributed by atoms with van der Waals surface area (Å²) in [6.45, 7) is 6.25. The van der Waals surface area contributed by atoms with Crippen LogP contribution in [0.4, 0.5) is 0 Å². The first-order chi connectivity index (χ1) is 9.42. The zero-order chi connectivity index (χ0) is 14.8. The first kappa shape index (κ1) is 15.9. The van der Waals surface area contributed by atoms with Gasteiger partial charge in [-0.25, -0.2) is 0 Å². The van der Waals surface area contributed by atoms with Gasteiger partial charge in [0.1, 0.15) is 0 Å². The Labute approximate surface area is 125 Å². The van der Waals surface area contributed by atoms with Crippen LogP contribution in [0.3, 0.4) is 0 Å². The molecule has 1 aromatic rings. The first-order valence-electron chi connectivity index (χ1n) is 6.93. The van der Waals surface area contributed by atoms with E-state index in [0.717, 1.165) is 17.7 Å². The normalized spacial score (nSPS) is 18.6. The fourth-order valence-corrected chi connectivity index (χ4v) is 4.67. The van der Waals surface area contributed by atoms with Gasteiger partial charge in [0.25, 0.3) is 10.2 Å². The molecule has 3 N–H and O–H groups in total. The number of thiophene rings is 1. The summed E-state index contributed by atoms with van der Waals surface area (Å²) < 4.78 is 28.7. The van der Waals surface area contributed by atoms with Crippen LogP contribution >= 0.6 is 11.3 Å². The lowest BCUT2D eigenvalue weighted by molar-refractivity contribution is 0.276. The molecular weight excluding hydrogens is 294 g/mol. The highest BCUT2D eigenvalue weighted by molar-refractivity contribution is 7.87. The molecule has 20 heavy (non-hydrogen) atoms. The van der Waals surface area contributed by atoms with Crippen LogP contribution in [0.5, 0.6) is 0 Å². The first-order valence-corrected chi connectivity index (χ1v) is 9.18. The Kier molecular flexibility index (Phi) is 5.19. The van der Waals surface area contributed by atoms with Gasteiger partial charge in [-0.1, -0.05) is 0 Å². The summed E-state index contributed by atoms with van der Waals surface area (Å²) in [5.41, 5.74) is 6.84. The maximum Gasteiger partial charge on any atom is 0.279 e. The minimum atomic E-state index is -3.37. The molecule has 2 rings (SSSR count). The van der Waals surface area contributed by atoms with Gasteiger partial charge in [0.05, 0.1) is 0 Å². The zero-order valence-corrected chi connectivity index (χ0v) is 13.7. The number of hydrogen-bond donors (Lipinski definition) is 2. The van der Waals surface area contributed by atoms with E-state index in [1.807, 2.05) is 13.0 Å². The predicted octanol–water partition coefficient (Wildman–Crippen LogP) is 1.37. The van der Waals surface area contributed by atoms with Gasteiger partial charge in [-0.3, -0.25) is 0 Å². The van der Waals surface area contributed by atoms with E-state index in [4.69, 9.17) is 5.73 Å². The van der Waals surface area contributed by atoms with Crippen LogP contribution in [-0.2, 0) is 16.8 Å². The topological polar surface area (TPSA) is 75.4 Å². The molecule has 2 heterocycles. The highest BCUT2D eigenvalue weighted by Crippen LogP contribution is 2.21. The third-order valence-corrected chi connectivity index (χ3v) is 6.60. The van der Waals surface area contributed by atoms with Crippen molar-refractivity contribution < 1.29 is 8.42 Å². The Balaban J connectivity index is 1.91. The standard InChI is InChI=1S/C13H23N3O2S2/c1-10-7-13(19-11(10)2)9-15-20(17,18)16-5-3-12(8-14)4-6-16/h7,12,15H,3-6,8-9,14H2,1-2H3. The van der Waals surface area contributed by atoms with Crippen molar-refractivity contribution in [1.29, 1.82) is 0 Å². The molecule has 0 radical (unpaired) electrons. The van der Waals surface area contributed by atoms with Gasteiger partial charge in [-0.2, -0.15) is 17.4 Å². The average molecular weight is 317 g/mol. The molecule has 1 fully saturated rings. The maximum atomic E-state index is 12.2. The van der Waals surface area contributed by atoms with Crippen molar-refractivity contribution >= 4 is 21.5 Å². The van der Waals surface area contributed by atoms with Gasteiger partial charge >= 0.3 is 0 Å². The predicted molar refractivity (Wildman–Crippen MR) is 82.9 cm³/mol. The minimum absolute atomic E-state index is 0.374. The van der Waals surface area contributed by atoms with Crippen LogP contribution < -0.4 is 10.5 Å². The quantitative estimate of drug-likeness (QED) is 0.861. The summed E-state index contributed by atoms with van der Waals surface area (Å²) in [5.74, 6) is 0.462. The number of rotatable bonds is 5.